The van der Waals surface area contributed by atoms with E-state index < -0.39 is 0 Å². The van der Waals surface area contributed by atoms with Crippen molar-refractivity contribution in [3.05, 3.63) is 197 Å². The van der Waals surface area contributed by atoms with Gasteiger partial charge in [-0.2, -0.15) is 5.26 Å². The topological polar surface area (TPSA) is 71.6 Å². The molecule has 0 aliphatic heterocycles. The van der Waals surface area contributed by atoms with Crippen molar-refractivity contribution in [2.24, 2.45) is 0 Å². The highest BCUT2D eigenvalue weighted by Crippen LogP contribution is 2.38. The van der Waals surface area contributed by atoms with Crippen molar-refractivity contribution in [3.8, 4) is 29.1 Å². The van der Waals surface area contributed by atoms with Gasteiger partial charge < -0.3 is 28.7 Å². The highest BCUT2D eigenvalue weighted by atomic mass is 16.5. The smallest absolute Gasteiger partial charge is 0.194 e. The molecular weight excluding hydrogens is 841 g/mol. The van der Waals surface area contributed by atoms with Crippen molar-refractivity contribution in [3.63, 3.8) is 0 Å². The molecule has 0 heterocycles. The van der Waals surface area contributed by atoms with Crippen LogP contribution >= 0.6 is 0 Å². The summed E-state index contributed by atoms with van der Waals surface area (Å²) in [6.45, 7) is 19.1. The van der Waals surface area contributed by atoms with E-state index in [4.69, 9.17) is 25.5 Å². The van der Waals surface area contributed by atoms with Crippen LogP contribution in [0.3, 0.4) is 0 Å². The molecule has 0 aliphatic rings. The molecule has 0 spiro atoms. The quantitative estimate of drug-likeness (QED) is 0.0496. The van der Waals surface area contributed by atoms with Crippen molar-refractivity contribution >= 4 is 64.1 Å². The molecule has 0 atom stereocenters. The lowest BCUT2D eigenvalue weighted by Crippen LogP contribution is -2.10. The third kappa shape index (κ3) is 12.6. The number of benzene rings is 7. The Morgan fingerprint density at radius 1 is 0.426 bits per heavy atom. The molecule has 0 bridgehead atoms. The third-order valence-corrected chi connectivity index (χ3v) is 10.9. The van der Waals surface area contributed by atoms with Crippen LogP contribution in [-0.2, 0) is 0 Å². The Hall–Kier alpha value is -8.20. The highest BCUT2D eigenvalue weighted by molar-refractivity contribution is 5.84. The fourth-order valence-electron chi connectivity index (χ4n) is 7.47. The number of nitriles is 1. The van der Waals surface area contributed by atoms with Crippen molar-refractivity contribution < 1.29 is 18.9 Å². The molecule has 0 radical (unpaired) electrons. The van der Waals surface area contributed by atoms with Gasteiger partial charge in [-0.15, -0.1) is 0 Å². The van der Waals surface area contributed by atoms with E-state index in [2.05, 4.69) is 145 Å². The Labute approximate surface area is 402 Å². The molecule has 342 valence electrons. The molecule has 0 saturated carbocycles. The first-order valence-electron chi connectivity index (χ1n) is 23.5. The Balaban J connectivity index is 1.09. The molecule has 0 amide bonds. The van der Waals surface area contributed by atoms with E-state index in [-0.39, 0.29) is 0 Å². The van der Waals surface area contributed by atoms with Crippen LogP contribution < -0.4 is 28.7 Å². The molecule has 0 aromatic heterocycles. The summed E-state index contributed by atoms with van der Waals surface area (Å²) in [5.41, 5.74) is 10.1. The molecule has 8 heteroatoms. The van der Waals surface area contributed by atoms with E-state index in [1.807, 2.05) is 72.8 Å². The first-order chi connectivity index (χ1) is 33.4. The maximum absolute atomic E-state index is 10.3. The van der Waals surface area contributed by atoms with E-state index >= 15 is 0 Å². The van der Waals surface area contributed by atoms with E-state index in [1.54, 1.807) is 12.1 Å². The minimum atomic E-state index is 0.462. The molecule has 0 N–H and O–H groups in total. The van der Waals surface area contributed by atoms with Crippen LogP contribution in [0.2, 0.25) is 0 Å². The molecule has 0 fully saturated rings. The summed E-state index contributed by atoms with van der Waals surface area (Å²) in [7, 11) is 0. The summed E-state index contributed by atoms with van der Waals surface area (Å²) in [6, 6.07) is 55.1. The summed E-state index contributed by atoms with van der Waals surface area (Å²) >= 11 is 0. The second-order valence-electron chi connectivity index (χ2n) is 16.1. The zero-order valence-corrected chi connectivity index (χ0v) is 39.4. The minimum absolute atomic E-state index is 0.462. The van der Waals surface area contributed by atoms with Gasteiger partial charge in [-0.3, -0.25) is 0 Å². The standard InChI is InChI=1S/C60H58N4O4/c1-6-38-65-56-30-22-52(23-31-56)63(53-24-32-57(33-25-53)66-39-7-2)50-18-12-45(13-19-50)10-16-47-43-60(62-5)48(42-49(47)44-61)17-11-46-14-20-51(21-15-46)64(54-26-34-58(35-27-54)67-40-8-3)55-28-36-59(37-29-55)68-41-9-4/h10-37,42-43H,6-9,38-41H2,1-4H3. The largest absolute Gasteiger partial charge is 0.494 e. The van der Waals surface area contributed by atoms with Gasteiger partial charge in [-0.05, 0) is 181 Å². The second kappa shape index (κ2) is 24.4. The summed E-state index contributed by atoms with van der Waals surface area (Å²) < 4.78 is 23.5. The van der Waals surface area contributed by atoms with E-state index in [9.17, 15) is 5.26 Å². The molecule has 0 saturated heterocycles. The number of rotatable bonds is 22. The van der Waals surface area contributed by atoms with E-state index in [0.29, 0.717) is 48.8 Å². The van der Waals surface area contributed by atoms with Gasteiger partial charge in [0.25, 0.3) is 0 Å². The fourth-order valence-corrected chi connectivity index (χ4v) is 7.47. The maximum atomic E-state index is 10.3. The van der Waals surface area contributed by atoms with Gasteiger partial charge in [-0.1, -0.05) is 76.3 Å². The zero-order valence-electron chi connectivity index (χ0n) is 39.4. The molecule has 7 aromatic carbocycles. The van der Waals surface area contributed by atoms with Crippen LogP contribution in [0, 0.1) is 17.9 Å². The lowest BCUT2D eigenvalue weighted by molar-refractivity contribution is 0.317. The second-order valence-corrected chi connectivity index (χ2v) is 16.1. The summed E-state index contributed by atoms with van der Waals surface area (Å²) in [4.78, 5) is 8.25. The van der Waals surface area contributed by atoms with Crippen molar-refractivity contribution in [1.82, 2.24) is 0 Å². The van der Waals surface area contributed by atoms with Gasteiger partial charge in [0.15, 0.2) is 5.69 Å². The predicted molar refractivity (Wildman–Crippen MR) is 281 cm³/mol. The average molecular weight is 899 g/mol. The number of hydrogen-bond donors (Lipinski definition) is 0. The first-order valence-corrected chi connectivity index (χ1v) is 23.5. The van der Waals surface area contributed by atoms with Gasteiger partial charge in [0.1, 0.15) is 23.0 Å². The average Bonchev–Trinajstić information content (AvgIpc) is 3.39. The molecule has 7 aromatic rings. The highest BCUT2D eigenvalue weighted by Gasteiger charge is 2.15. The van der Waals surface area contributed by atoms with Gasteiger partial charge in [0.2, 0.25) is 0 Å². The summed E-state index contributed by atoms with van der Waals surface area (Å²) in [5.74, 6) is 3.34. The lowest BCUT2D eigenvalue weighted by atomic mass is 10.0. The van der Waals surface area contributed by atoms with Gasteiger partial charge in [-0.25, -0.2) is 4.85 Å². The van der Waals surface area contributed by atoms with Crippen LogP contribution in [-0.4, -0.2) is 26.4 Å². The SMILES string of the molecule is [C-]#[N+]c1cc(C=Cc2ccc(N(c3ccc(OCCC)cc3)c3ccc(OCCC)cc3)cc2)c(C#N)cc1C=Cc1ccc(N(c2ccc(OCCC)cc2)c2ccc(OCCC)cc2)cc1. The molecule has 7 rings (SSSR count). The number of nitrogens with zero attached hydrogens (tertiary/aromatic N) is 4. The Morgan fingerprint density at radius 2 is 0.721 bits per heavy atom. The maximum Gasteiger partial charge on any atom is 0.194 e. The van der Waals surface area contributed by atoms with Gasteiger partial charge in [0, 0.05) is 34.1 Å². The molecular formula is C60H58N4O4. The van der Waals surface area contributed by atoms with Crippen molar-refractivity contribution in [2.45, 2.75) is 53.4 Å². The van der Waals surface area contributed by atoms with Gasteiger partial charge in [0.05, 0.1) is 44.6 Å². The lowest BCUT2D eigenvalue weighted by Gasteiger charge is -2.26. The van der Waals surface area contributed by atoms with E-state index in [1.165, 1.54) is 0 Å². The third-order valence-electron chi connectivity index (χ3n) is 10.9. The Morgan fingerprint density at radius 3 is 1.00 bits per heavy atom. The normalized spacial score (nSPS) is 11.0. The summed E-state index contributed by atoms with van der Waals surface area (Å²) in [6.07, 6.45) is 11.5. The fraction of sp³-hybridized carbons (Fsp3) is 0.200. The van der Waals surface area contributed by atoms with Crippen LogP contribution in [0.25, 0.3) is 29.1 Å². The van der Waals surface area contributed by atoms with Crippen molar-refractivity contribution in [1.29, 1.82) is 5.26 Å². The predicted octanol–water partition coefficient (Wildman–Crippen LogP) is 16.5. The number of hydrogen-bond acceptors (Lipinski definition) is 7. The van der Waals surface area contributed by atoms with Crippen LogP contribution in [0.4, 0.5) is 39.8 Å². The van der Waals surface area contributed by atoms with Crippen LogP contribution in [0.1, 0.15) is 81.2 Å². The molecule has 0 unspecified atom stereocenters. The molecule has 0 aliphatic carbocycles. The van der Waals surface area contributed by atoms with Crippen LogP contribution in [0.15, 0.2) is 158 Å². The molecule has 8 nitrogen and oxygen atoms in total. The first kappa shape index (κ1) is 47.8. The minimum Gasteiger partial charge on any atom is -0.494 e. The Bertz CT molecular complexity index is 2520. The zero-order chi connectivity index (χ0) is 47.5. The molecule has 68 heavy (non-hydrogen) atoms. The van der Waals surface area contributed by atoms with Crippen LogP contribution in [0.5, 0.6) is 23.0 Å². The van der Waals surface area contributed by atoms with Gasteiger partial charge >= 0.3 is 0 Å². The van der Waals surface area contributed by atoms with E-state index in [0.717, 1.165) is 93.9 Å². The van der Waals surface area contributed by atoms with Crippen molar-refractivity contribution in [2.75, 3.05) is 36.2 Å². The Kier molecular flexibility index (Phi) is 17.1. The number of anilines is 6. The number of ether oxygens (including phenoxy) is 4. The summed E-state index contributed by atoms with van der Waals surface area (Å²) in [5, 5.41) is 10.3. The monoisotopic (exact) mass is 898 g/mol.